The average Bonchev–Trinajstić information content (AvgIpc) is 2.90. The number of hydrogen-bond acceptors (Lipinski definition) is 3. The van der Waals surface area contributed by atoms with Gasteiger partial charge in [0.2, 0.25) is 5.91 Å². The molecule has 2 heterocycles. The van der Waals surface area contributed by atoms with Crippen LogP contribution >= 0.6 is 11.6 Å². The summed E-state index contributed by atoms with van der Waals surface area (Å²) in [4.78, 5) is 14.5. The number of nitrogens with zero attached hydrogens (tertiary/aromatic N) is 2. The monoisotopic (exact) mass is 349 g/mol. The smallest absolute Gasteiger partial charge is 0.237 e. The van der Waals surface area contributed by atoms with E-state index in [4.69, 9.17) is 16.3 Å². The summed E-state index contributed by atoms with van der Waals surface area (Å²) in [5.74, 6) is 0.0789. The molecule has 1 saturated heterocycles. The van der Waals surface area contributed by atoms with Crippen LogP contribution in [0.1, 0.15) is 12.5 Å². The molecule has 0 saturated carbocycles. The number of aromatic nitrogens is 1. The molecular weight excluding hydrogens is 326 g/mol. The van der Waals surface area contributed by atoms with Crippen LogP contribution in [-0.4, -0.2) is 54.3 Å². The standard InChI is InChI=1S/C18H24ClN3O2/c1-13(22-7-9-24-10-8-22)18(23)20-6-5-14-12-21(2)17-4-3-15(19)11-16(14)17/h3-4,11-13H,5-10H2,1-2H3,(H,20,23)/t13-/m1/s1. The molecule has 0 spiro atoms. The highest BCUT2D eigenvalue weighted by atomic mass is 35.5. The molecule has 1 aromatic carbocycles. The third kappa shape index (κ3) is 3.74. The van der Waals surface area contributed by atoms with Crippen molar-refractivity contribution in [2.24, 2.45) is 7.05 Å². The Morgan fingerprint density at radius 2 is 2.12 bits per heavy atom. The van der Waals surface area contributed by atoms with Gasteiger partial charge in [-0.15, -0.1) is 0 Å². The van der Waals surface area contributed by atoms with Crippen molar-refractivity contribution in [2.45, 2.75) is 19.4 Å². The number of ether oxygens (including phenoxy) is 1. The fraction of sp³-hybridized carbons (Fsp3) is 0.500. The summed E-state index contributed by atoms with van der Waals surface area (Å²) in [5.41, 5.74) is 2.36. The van der Waals surface area contributed by atoms with Gasteiger partial charge in [-0.05, 0) is 37.1 Å². The molecule has 3 rings (SSSR count). The normalized spacial score (nSPS) is 17.1. The first-order chi connectivity index (χ1) is 11.6. The van der Waals surface area contributed by atoms with Gasteiger partial charge in [0.15, 0.2) is 0 Å². The van der Waals surface area contributed by atoms with Crippen molar-refractivity contribution >= 4 is 28.4 Å². The van der Waals surface area contributed by atoms with Crippen molar-refractivity contribution in [1.29, 1.82) is 0 Å². The lowest BCUT2D eigenvalue weighted by atomic mass is 10.1. The Labute approximate surface area is 147 Å². The maximum absolute atomic E-state index is 12.3. The second-order valence-corrected chi connectivity index (χ2v) is 6.73. The first-order valence-corrected chi connectivity index (χ1v) is 8.77. The van der Waals surface area contributed by atoms with Crippen LogP contribution in [0.2, 0.25) is 5.02 Å². The molecule has 1 aliphatic rings. The minimum absolute atomic E-state index is 0.0789. The largest absolute Gasteiger partial charge is 0.379 e. The molecule has 1 atom stereocenters. The van der Waals surface area contributed by atoms with E-state index in [1.807, 2.05) is 32.2 Å². The molecule has 1 aliphatic heterocycles. The number of carbonyl (C=O) groups excluding carboxylic acids is 1. The Bertz CT molecular complexity index is 722. The SMILES string of the molecule is C[C@H](C(=O)NCCc1cn(C)c2ccc(Cl)cc12)N1CCOCC1. The maximum atomic E-state index is 12.3. The van der Waals surface area contributed by atoms with Crippen LogP contribution in [0.5, 0.6) is 0 Å². The first-order valence-electron chi connectivity index (χ1n) is 8.39. The quantitative estimate of drug-likeness (QED) is 0.900. The topological polar surface area (TPSA) is 46.5 Å². The Morgan fingerprint density at radius 3 is 2.88 bits per heavy atom. The highest BCUT2D eigenvalue weighted by Crippen LogP contribution is 2.24. The molecule has 1 N–H and O–H groups in total. The highest BCUT2D eigenvalue weighted by molar-refractivity contribution is 6.31. The number of hydrogen-bond donors (Lipinski definition) is 1. The van der Waals surface area contributed by atoms with E-state index in [0.29, 0.717) is 19.8 Å². The van der Waals surface area contributed by atoms with Gasteiger partial charge in [-0.2, -0.15) is 0 Å². The van der Waals surface area contributed by atoms with Crippen molar-refractivity contribution in [1.82, 2.24) is 14.8 Å². The first kappa shape index (κ1) is 17.3. The molecule has 24 heavy (non-hydrogen) atoms. The van der Waals surface area contributed by atoms with Crippen molar-refractivity contribution in [3.8, 4) is 0 Å². The number of aryl methyl sites for hydroxylation is 1. The zero-order valence-electron chi connectivity index (χ0n) is 14.2. The van der Waals surface area contributed by atoms with E-state index in [2.05, 4.69) is 21.0 Å². The molecule has 1 aromatic heterocycles. The number of carbonyl (C=O) groups is 1. The van der Waals surface area contributed by atoms with Gasteiger partial charge in [-0.3, -0.25) is 9.69 Å². The molecule has 6 heteroatoms. The summed E-state index contributed by atoms with van der Waals surface area (Å²) < 4.78 is 7.43. The van der Waals surface area contributed by atoms with Gasteiger partial charge >= 0.3 is 0 Å². The van der Waals surface area contributed by atoms with Crippen LogP contribution in [0.4, 0.5) is 0 Å². The van der Waals surface area contributed by atoms with Crippen LogP contribution in [0, 0.1) is 0 Å². The van der Waals surface area contributed by atoms with E-state index in [-0.39, 0.29) is 11.9 Å². The average molecular weight is 350 g/mol. The molecule has 1 amide bonds. The van der Waals surface area contributed by atoms with Crippen molar-refractivity contribution in [3.63, 3.8) is 0 Å². The highest BCUT2D eigenvalue weighted by Gasteiger charge is 2.22. The minimum atomic E-state index is -0.115. The Kier molecular flexibility index (Phi) is 5.43. The van der Waals surface area contributed by atoms with Gasteiger partial charge in [-0.1, -0.05) is 11.6 Å². The molecule has 1 fully saturated rings. The number of benzene rings is 1. The van der Waals surface area contributed by atoms with Gasteiger partial charge in [0.05, 0.1) is 19.3 Å². The van der Waals surface area contributed by atoms with E-state index >= 15 is 0 Å². The minimum Gasteiger partial charge on any atom is -0.379 e. The molecule has 2 aromatic rings. The summed E-state index contributed by atoms with van der Waals surface area (Å²) in [6, 6.07) is 5.81. The number of fused-ring (bicyclic) bond motifs is 1. The van der Waals surface area contributed by atoms with E-state index in [1.54, 1.807) is 0 Å². The lowest BCUT2D eigenvalue weighted by molar-refractivity contribution is -0.127. The lowest BCUT2D eigenvalue weighted by Crippen LogP contribution is -2.49. The van der Waals surface area contributed by atoms with Gasteiger partial charge in [-0.25, -0.2) is 0 Å². The predicted octanol–water partition coefficient (Wildman–Crippen LogP) is 2.21. The number of nitrogens with one attached hydrogen (secondary N) is 1. The Balaban J connectivity index is 1.58. The third-order valence-electron chi connectivity index (χ3n) is 4.70. The second kappa shape index (κ2) is 7.55. The fourth-order valence-corrected chi connectivity index (χ4v) is 3.42. The summed E-state index contributed by atoms with van der Waals surface area (Å²) in [6.45, 7) is 5.62. The van der Waals surface area contributed by atoms with Crippen molar-refractivity contribution in [3.05, 3.63) is 35.0 Å². The van der Waals surface area contributed by atoms with Gasteiger partial charge < -0.3 is 14.6 Å². The molecule has 0 bridgehead atoms. The third-order valence-corrected chi connectivity index (χ3v) is 4.94. The van der Waals surface area contributed by atoms with Crippen molar-refractivity contribution in [2.75, 3.05) is 32.8 Å². The molecular formula is C18H24ClN3O2. The zero-order chi connectivity index (χ0) is 17.1. The van der Waals surface area contributed by atoms with Crippen LogP contribution < -0.4 is 5.32 Å². The number of morpholine rings is 1. The maximum Gasteiger partial charge on any atom is 0.237 e. The number of rotatable bonds is 5. The lowest BCUT2D eigenvalue weighted by Gasteiger charge is -2.31. The van der Waals surface area contributed by atoms with Crippen LogP contribution in [-0.2, 0) is 23.0 Å². The van der Waals surface area contributed by atoms with Gasteiger partial charge in [0, 0.05) is 48.8 Å². The summed E-state index contributed by atoms with van der Waals surface area (Å²) >= 11 is 6.12. The predicted molar refractivity (Wildman–Crippen MR) is 96.5 cm³/mol. The molecule has 0 radical (unpaired) electrons. The summed E-state index contributed by atoms with van der Waals surface area (Å²) in [7, 11) is 2.03. The van der Waals surface area contributed by atoms with E-state index in [0.717, 1.165) is 35.4 Å². The molecule has 5 nitrogen and oxygen atoms in total. The summed E-state index contributed by atoms with van der Waals surface area (Å²) in [6.07, 6.45) is 2.90. The fourth-order valence-electron chi connectivity index (χ4n) is 3.24. The van der Waals surface area contributed by atoms with E-state index in [9.17, 15) is 4.79 Å². The molecule has 0 unspecified atom stereocenters. The van der Waals surface area contributed by atoms with Crippen molar-refractivity contribution < 1.29 is 9.53 Å². The number of halogens is 1. The second-order valence-electron chi connectivity index (χ2n) is 6.29. The van der Waals surface area contributed by atoms with Crippen LogP contribution in [0.25, 0.3) is 10.9 Å². The Hall–Kier alpha value is -1.56. The Morgan fingerprint density at radius 1 is 1.38 bits per heavy atom. The summed E-state index contributed by atoms with van der Waals surface area (Å²) in [5, 5.41) is 4.94. The van der Waals surface area contributed by atoms with Crippen LogP contribution in [0.15, 0.2) is 24.4 Å². The van der Waals surface area contributed by atoms with Gasteiger partial charge in [0.1, 0.15) is 0 Å². The van der Waals surface area contributed by atoms with E-state index in [1.165, 1.54) is 5.56 Å². The van der Waals surface area contributed by atoms with Gasteiger partial charge in [0.25, 0.3) is 0 Å². The molecule has 130 valence electrons. The molecule has 0 aliphatic carbocycles. The van der Waals surface area contributed by atoms with Crippen LogP contribution in [0.3, 0.4) is 0 Å². The zero-order valence-corrected chi connectivity index (χ0v) is 15.0. The van der Waals surface area contributed by atoms with E-state index < -0.39 is 0 Å². The number of amides is 1.